The van der Waals surface area contributed by atoms with Crippen molar-refractivity contribution < 1.29 is 19.3 Å². The highest BCUT2D eigenvalue weighted by atomic mass is 19.1. The Labute approximate surface area is 128 Å². The number of anilines is 1. The topological polar surface area (TPSA) is 74.8 Å². The molecule has 0 aromatic heterocycles. The van der Waals surface area contributed by atoms with Crippen molar-refractivity contribution in [2.45, 2.75) is 50.2 Å². The molecule has 1 aromatic carbocycles. The van der Waals surface area contributed by atoms with Crippen LogP contribution in [0.15, 0.2) is 24.3 Å². The predicted octanol–water partition coefficient (Wildman–Crippen LogP) is 0.527. The molecule has 2 amide bonds. The Morgan fingerprint density at radius 2 is 2.00 bits per heavy atom. The maximum atomic E-state index is 12.8. The molecule has 2 aliphatic rings. The zero-order chi connectivity index (χ0) is 15.5. The molecule has 4 N–H and O–H groups in total. The van der Waals surface area contributed by atoms with Crippen LogP contribution in [0.5, 0.6) is 0 Å². The second-order valence-corrected chi connectivity index (χ2v) is 6.12. The molecule has 1 aliphatic carbocycles. The first-order valence-corrected chi connectivity index (χ1v) is 7.82. The van der Waals surface area contributed by atoms with Crippen LogP contribution in [0, 0.1) is 5.82 Å². The maximum Gasteiger partial charge on any atom is 0.279 e. The summed E-state index contributed by atoms with van der Waals surface area (Å²) < 4.78 is 12.8. The average molecular weight is 306 g/mol. The van der Waals surface area contributed by atoms with Crippen LogP contribution >= 0.6 is 0 Å². The van der Waals surface area contributed by atoms with Gasteiger partial charge in [0.2, 0.25) is 5.91 Å². The van der Waals surface area contributed by atoms with Gasteiger partial charge in [-0.2, -0.15) is 0 Å². The van der Waals surface area contributed by atoms with Crippen molar-refractivity contribution in [3.8, 4) is 0 Å². The van der Waals surface area contributed by atoms with Gasteiger partial charge in [0.05, 0.1) is 12.5 Å². The van der Waals surface area contributed by atoms with Crippen molar-refractivity contribution in [3.63, 3.8) is 0 Å². The number of hydrogen-bond acceptors (Lipinski definition) is 2. The van der Waals surface area contributed by atoms with Crippen LogP contribution in [0.25, 0.3) is 0 Å². The Hall–Kier alpha value is -1.95. The fourth-order valence-electron chi connectivity index (χ4n) is 3.35. The van der Waals surface area contributed by atoms with Crippen LogP contribution in [0.2, 0.25) is 0 Å². The second kappa shape index (κ2) is 6.44. The molecule has 1 aromatic rings. The van der Waals surface area contributed by atoms with E-state index in [2.05, 4.69) is 10.6 Å². The van der Waals surface area contributed by atoms with Gasteiger partial charge >= 0.3 is 0 Å². The minimum atomic E-state index is -0.375. The third-order valence-corrected chi connectivity index (χ3v) is 4.50. The fourth-order valence-corrected chi connectivity index (χ4v) is 3.35. The van der Waals surface area contributed by atoms with Crippen LogP contribution in [-0.2, 0) is 9.59 Å². The summed E-state index contributed by atoms with van der Waals surface area (Å²) in [6, 6.07) is 5.86. The fraction of sp³-hybridized carbons (Fsp3) is 0.500. The van der Waals surface area contributed by atoms with E-state index in [0.29, 0.717) is 11.7 Å². The van der Waals surface area contributed by atoms with E-state index in [1.54, 1.807) is 0 Å². The van der Waals surface area contributed by atoms with Crippen LogP contribution in [0.1, 0.15) is 32.1 Å². The Morgan fingerprint density at radius 3 is 2.77 bits per heavy atom. The second-order valence-electron chi connectivity index (χ2n) is 6.12. The molecule has 3 rings (SSSR count). The largest absolute Gasteiger partial charge is 0.342 e. The van der Waals surface area contributed by atoms with E-state index in [4.69, 9.17) is 0 Å². The highest BCUT2D eigenvalue weighted by molar-refractivity contribution is 5.95. The van der Waals surface area contributed by atoms with Crippen molar-refractivity contribution in [1.29, 1.82) is 0 Å². The number of nitrogens with two attached hydrogens (primary N) is 1. The summed E-state index contributed by atoms with van der Waals surface area (Å²) in [7, 11) is 0. The van der Waals surface area contributed by atoms with E-state index in [0.717, 1.165) is 19.3 Å². The number of rotatable bonds is 3. The predicted molar refractivity (Wildman–Crippen MR) is 79.5 cm³/mol. The molecule has 0 unspecified atom stereocenters. The van der Waals surface area contributed by atoms with Gasteiger partial charge in [-0.1, -0.05) is 6.42 Å². The van der Waals surface area contributed by atoms with E-state index in [-0.39, 0.29) is 36.1 Å². The Bertz CT molecular complexity index is 561. The molecule has 6 heteroatoms. The first-order chi connectivity index (χ1) is 10.6. The smallest absolute Gasteiger partial charge is 0.279 e. The number of benzene rings is 1. The lowest BCUT2D eigenvalue weighted by Gasteiger charge is -2.37. The Morgan fingerprint density at radius 1 is 1.27 bits per heavy atom. The first-order valence-electron chi connectivity index (χ1n) is 7.82. The van der Waals surface area contributed by atoms with Crippen LogP contribution < -0.4 is 16.0 Å². The summed E-state index contributed by atoms with van der Waals surface area (Å²) in [4.78, 5) is 24.2. The van der Waals surface area contributed by atoms with E-state index < -0.39 is 0 Å². The highest BCUT2D eigenvalue weighted by Gasteiger charge is 2.40. The Balaban J connectivity index is 1.56. The zero-order valence-corrected chi connectivity index (χ0v) is 12.3. The molecule has 2 fully saturated rings. The molecule has 0 radical (unpaired) electrons. The third kappa shape index (κ3) is 3.44. The zero-order valence-electron chi connectivity index (χ0n) is 12.3. The van der Waals surface area contributed by atoms with E-state index >= 15 is 0 Å². The summed E-state index contributed by atoms with van der Waals surface area (Å²) in [6.07, 6.45) is 4.59. The van der Waals surface area contributed by atoms with E-state index in [9.17, 15) is 14.0 Å². The van der Waals surface area contributed by atoms with E-state index in [1.165, 1.54) is 30.7 Å². The van der Waals surface area contributed by atoms with Gasteiger partial charge in [-0.3, -0.25) is 9.59 Å². The normalized spacial score (nSPS) is 27.7. The van der Waals surface area contributed by atoms with Gasteiger partial charge in [0, 0.05) is 12.1 Å². The van der Waals surface area contributed by atoms with Gasteiger partial charge in [0.1, 0.15) is 11.9 Å². The highest BCUT2D eigenvalue weighted by Crippen LogP contribution is 2.18. The summed E-state index contributed by atoms with van der Waals surface area (Å²) in [5.41, 5.74) is 0.540. The summed E-state index contributed by atoms with van der Waals surface area (Å²) in [5, 5.41) is 7.80. The minimum absolute atomic E-state index is 0.0580. The quantitative estimate of drug-likeness (QED) is 0.762. The van der Waals surface area contributed by atoms with Crippen molar-refractivity contribution >= 4 is 17.5 Å². The minimum Gasteiger partial charge on any atom is -0.342 e. The summed E-state index contributed by atoms with van der Waals surface area (Å²) >= 11 is 0. The number of carbonyl (C=O) groups is 2. The maximum absolute atomic E-state index is 12.8. The van der Waals surface area contributed by atoms with Crippen molar-refractivity contribution in [3.05, 3.63) is 30.1 Å². The van der Waals surface area contributed by atoms with Gasteiger partial charge in [0.25, 0.3) is 5.91 Å². The van der Waals surface area contributed by atoms with Gasteiger partial charge in [-0.15, -0.1) is 0 Å². The number of amides is 2. The molecular weight excluding hydrogens is 285 g/mol. The molecule has 1 saturated heterocycles. The average Bonchev–Trinajstić information content (AvgIpc) is 2.50. The first kappa shape index (κ1) is 15.0. The standard InChI is InChI=1S/C16H20FN3O2/c17-10-5-7-11(8-6-10)18-15(21)9-14-16(22)20-13-4-2-1-3-12(13)19-14/h5-8,12-14,19H,1-4,9H2,(H,18,21)(H,20,22)/p+1/t12-,13+,14-/m0/s1. The Kier molecular flexibility index (Phi) is 4.38. The third-order valence-electron chi connectivity index (χ3n) is 4.50. The molecule has 0 bridgehead atoms. The number of hydrogen-bond donors (Lipinski definition) is 3. The molecule has 1 aliphatic heterocycles. The number of quaternary nitrogens is 1. The molecule has 118 valence electrons. The van der Waals surface area contributed by atoms with Gasteiger partial charge < -0.3 is 16.0 Å². The molecule has 22 heavy (non-hydrogen) atoms. The SMILES string of the molecule is O=C(C[C@@H]1[NH2+][C@H]2CCCC[C@H]2NC1=O)Nc1ccc(F)cc1. The van der Waals surface area contributed by atoms with Gasteiger partial charge in [0.15, 0.2) is 6.04 Å². The van der Waals surface area contributed by atoms with Crippen molar-refractivity contribution in [2.24, 2.45) is 0 Å². The summed E-state index contributed by atoms with van der Waals surface area (Å²) in [6.45, 7) is 0. The van der Waals surface area contributed by atoms with Crippen LogP contribution in [-0.4, -0.2) is 29.9 Å². The molecule has 3 atom stereocenters. The lowest BCUT2D eigenvalue weighted by molar-refractivity contribution is -0.718. The molecule has 0 spiro atoms. The van der Waals surface area contributed by atoms with Gasteiger partial charge in [-0.05, 0) is 37.1 Å². The monoisotopic (exact) mass is 306 g/mol. The number of halogens is 1. The van der Waals surface area contributed by atoms with Gasteiger partial charge in [-0.25, -0.2) is 4.39 Å². The molecule has 5 nitrogen and oxygen atoms in total. The van der Waals surface area contributed by atoms with Crippen LogP contribution in [0.4, 0.5) is 10.1 Å². The summed E-state index contributed by atoms with van der Waals surface area (Å²) in [5.74, 6) is -0.629. The van der Waals surface area contributed by atoms with E-state index in [1.807, 2.05) is 5.32 Å². The number of fused-ring (bicyclic) bond motifs is 1. The molecular formula is C16H21FN3O2+. The number of carbonyl (C=O) groups excluding carboxylic acids is 2. The van der Waals surface area contributed by atoms with Crippen molar-refractivity contribution in [2.75, 3.05) is 5.32 Å². The molecule has 1 saturated carbocycles. The van der Waals surface area contributed by atoms with Crippen molar-refractivity contribution in [1.82, 2.24) is 5.32 Å². The molecule has 1 heterocycles. The number of nitrogens with one attached hydrogen (secondary N) is 2. The number of piperazine rings is 1. The lowest BCUT2D eigenvalue weighted by Crippen LogP contribution is -3.03. The lowest BCUT2D eigenvalue weighted by atomic mass is 9.87. The van der Waals surface area contributed by atoms with Crippen LogP contribution in [0.3, 0.4) is 0 Å².